The molecule has 0 aliphatic heterocycles. The summed E-state index contributed by atoms with van der Waals surface area (Å²) in [4.78, 5) is 12.7. The van der Waals surface area contributed by atoms with E-state index < -0.39 is 5.97 Å². The molecule has 4 nitrogen and oxygen atoms in total. The van der Waals surface area contributed by atoms with Crippen molar-refractivity contribution >= 4 is 28.9 Å². The second-order valence-corrected chi connectivity index (χ2v) is 6.47. The number of hydrogen-bond donors (Lipinski definition) is 2. The normalized spacial score (nSPS) is 10.5. The first-order valence-corrected chi connectivity index (χ1v) is 9.00. The van der Waals surface area contributed by atoms with Gasteiger partial charge in [0.1, 0.15) is 5.75 Å². The Morgan fingerprint density at radius 3 is 2.41 bits per heavy atom. The second kappa shape index (κ2) is 8.14. The topological polar surface area (TPSA) is 58.6 Å². The molecule has 138 valence electrons. The fraction of sp³-hybridized carbons (Fsp3) is 0.136. The van der Waals surface area contributed by atoms with Crippen molar-refractivity contribution in [1.82, 2.24) is 0 Å². The number of carbonyl (C=O) groups excluding carboxylic acids is 1. The summed E-state index contributed by atoms with van der Waals surface area (Å²) in [5.41, 5.74) is 3.68. The van der Waals surface area contributed by atoms with Crippen molar-refractivity contribution in [2.75, 3.05) is 11.9 Å². The number of carbonyl (C=O) groups is 1. The number of halogens is 1. The van der Waals surface area contributed by atoms with Gasteiger partial charge in [0.2, 0.25) is 0 Å². The van der Waals surface area contributed by atoms with E-state index in [-0.39, 0.29) is 12.4 Å². The number of esters is 1. The molecular formula is C22H20ClNO3. The Morgan fingerprint density at radius 1 is 1.11 bits per heavy atom. The van der Waals surface area contributed by atoms with E-state index >= 15 is 0 Å². The molecule has 0 fully saturated rings. The summed E-state index contributed by atoms with van der Waals surface area (Å²) in [6.45, 7) is 3.82. The lowest BCUT2D eigenvalue weighted by atomic mass is 9.94. The van der Waals surface area contributed by atoms with Gasteiger partial charge in [-0.2, -0.15) is 0 Å². The molecule has 3 rings (SSSR count). The van der Waals surface area contributed by atoms with E-state index in [0.717, 1.165) is 11.3 Å². The highest BCUT2D eigenvalue weighted by Crippen LogP contribution is 2.39. The Hall–Kier alpha value is -2.98. The van der Waals surface area contributed by atoms with Gasteiger partial charge in [-0.25, -0.2) is 4.79 Å². The molecule has 0 saturated heterocycles. The van der Waals surface area contributed by atoms with Gasteiger partial charge in [-0.1, -0.05) is 41.9 Å². The Morgan fingerprint density at radius 2 is 1.78 bits per heavy atom. The van der Waals surface area contributed by atoms with E-state index in [0.29, 0.717) is 27.4 Å². The molecule has 5 heteroatoms. The monoisotopic (exact) mass is 381 g/mol. The fourth-order valence-corrected chi connectivity index (χ4v) is 3.07. The second-order valence-electron chi connectivity index (χ2n) is 6.04. The zero-order valence-corrected chi connectivity index (χ0v) is 15.9. The van der Waals surface area contributed by atoms with E-state index in [9.17, 15) is 9.90 Å². The average molecular weight is 382 g/mol. The minimum absolute atomic E-state index is 0.0503. The molecule has 0 amide bonds. The number of nitrogens with one attached hydrogen (secondary N) is 1. The number of phenols is 1. The van der Waals surface area contributed by atoms with Gasteiger partial charge in [-0.3, -0.25) is 0 Å². The summed E-state index contributed by atoms with van der Waals surface area (Å²) in [7, 11) is 0. The fourth-order valence-electron chi connectivity index (χ4n) is 2.95. The van der Waals surface area contributed by atoms with Crippen LogP contribution in [0.5, 0.6) is 5.75 Å². The average Bonchev–Trinajstić information content (AvgIpc) is 2.66. The molecule has 3 aromatic rings. The SMILES string of the molecule is CCOC(=O)c1c(-c2ccc(Cl)cc2)cc(O)c(Nc2ccccc2)c1C. The molecule has 2 N–H and O–H groups in total. The number of benzene rings is 3. The summed E-state index contributed by atoms with van der Waals surface area (Å²) in [5, 5.41) is 14.4. The lowest BCUT2D eigenvalue weighted by Gasteiger charge is -2.18. The van der Waals surface area contributed by atoms with Gasteiger partial charge < -0.3 is 15.2 Å². The van der Waals surface area contributed by atoms with Crippen LogP contribution in [0.25, 0.3) is 11.1 Å². The lowest BCUT2D eigenvalue weighted by molar-refractivity contribution is 0.0526. The van der Waals surface area contributed by atoms with Gasteiger partial charge in [-0.05, 0) is 55.3 Å². The minimum atomic E-state index is -0.434. The number of phenolic OH excluding ortho intramolecular Hbond substituents is 1. The third-order valence-corrected chi connectivity index (χ3v) is 4.49. The van der Waals surface area contributed by atoms with Crippen LogP contribution in [0, 0.1) is 6.92 Å². The predicted molar refractivity (Wildman–Crippen MR) is 109 cm³/mol. The van der Waals surface area contributed by atoms with E-state index in [1.165, 1.54) is 0 Å². The van der Waals surface area contributed by atoms with E-state index in [1.807, 2.05) is 42.5 Å². The number of rotatable bonds is 5. The van der Waals surface area contributed by atoms with Gasteiger partial charge in [0.25, 0.3) is 0 Å². The Balaban J connectivity index is 2.16. The van der Waals surface area contributed by atoms with Crippen LogP contribution in [0.4, 0.5) is 11.4 Å². The van der Waals surface area contributed by atoms with Crippen LogP contribution in [0.2, 0.25) is 5.02 Å². The van der Waals surface area contributed by atoms with Crippen LogP contribution in [-0.2, 0) is 4.74 Å². The molecule has 3 aromatic carbocycles. The minimum Gasteiger partial charge on any atom is -0.506 e. The van der Waals surface area contributed by atoms with Crippen molar-refractivity contribution in [3.8, 4) is 16.9 Å². The molecule has 0 heterocycles. The molecule has 0 aliphatic carbocycles. The van der Waals surface area contributed by atoms with E-state index in [1.54, 1.807) is 32.0 Å². The molecule has 0 saturated carbocycles. The number of ether oxygens (including phenoxy) is 1. The Labute approximate surface area is 163 Å². The van der Waals surface area contributed by atoms with Gasteiger partial charge in [0.05, 0.1) is 17.9 Å². The van der Waals surface area contributed by atoms with Crippen molar-refractivity contribution in [2.24, 2.45) is 0 Å². The zero-order chi connectivity index (χ0) is 19.4. The highest BCUT2D eigenvalue weighted by molar-refractivity contribution is 6.30. The highest BCUT2D eigenvalue weighted by Gasteiger charge is 2.22. The largest absolute Gasteiger partial charge is 0.506 e. The molecule has 0 aliphatic rings. The van der Waals surface area contributed by atoms with Crippen LogP contribution in [-0.4, -0.2) is 17.7 Å². The van der Waals surface area contributed by atoms with Crippen LogP contribution in [0.1, 0.15) is 22.8 Å². The summed E-state index contributed by atoms with van der Waals surface area (Å²) in [6.07, 6.45) is 0. The summed E-state index contributed by atoms with van der Waals surface area (Å²) < 4.78 is 5.27. The molecule has 0 spiro atoms. The number of anilines is 2. The molecule has 0 radical (unpaired) electrons. The molecular weight excluding hydrogens is 362 g/mol. The summed E-state index contributed by atoms with van der Waals surface area (Å²) in [5.74, 6) is -0.384. The Kier molecular flexibility index (Phi) is 5.67. The third kappa shape index (κ3) is 4.07. The maximum Gasteiger partial charge on any atom is 0.339 e. The van der Waals surface area contributed by atoms with Gasteiger partial charge in [0, 0.05) is 16.3 Å². The van der Waals surface area contributed by atoms with Crippen LogP contribution in [0.3, 0.4) is 0 Å². The first-order chi connectivity index (χ1) is 13.0. The summed E-state index contributed by atoms with van der Waals surface area (Å²) >= 11 is 5.98. The molecule has 0 unspecified atom stereocenters. The van der Waals surface area contributed by atoms with Crippen molar-refractivity contribution in [2.45, 2.75) is 13.8 Å². The van der Waals surface area contributed by atoms with Gasteiger partial charge in [0.15, 0.2) is 0 Å². The molecule has 0 aromatic heterocycles. The lowest BCUT2D eigenvalue weighted by Crippen LogP contribution is -2.10. The smallest absolute Gasteiger partial charge is 0.339 e. The number of aromatic hydroxyl groups is 1. The van der Waals surface area contributed by atoms with Crippen molar-refractivity contribution in [3.05, 3.63) is 76.8 Å². The maximum atomic E-state index is 12.7. The van der Waals surface area contributed by atoms with Gasteiger partial charge in [-0.15, -0.1) is 0 Å². The molecule has 0 atom stereocenters. The van der Waals surface area contributed by atoms with E-state index in [2.05, 4.69) is 5.32 Å². The number of hydrogen-bond acceptors (Lipinski definition) is 4. The standard InChI is InChI=1S/C22H20ClNO3/c1-3-27-22(26)20-14(2)21(24-17-7-5-4-6-8-17)19(25)13-18(20)15-9-11-16(23)12-10-15/h4-13,24-25H,3H2,1-2H3. The first kappa shape index (κ1) is 18.8. The van der Waals surface area contributed by atoms with Crippen LogP contribution in [0.15, 0.2) is 60.7 Å². The van der Waals surface area contributed by atoms with Crippen LogP contribution < -0.4 is 5.32 Å². The third-order valence-electron chi connectivity index (χ3n) is 4.23. The van der Waals surface area contributed by atoms with Crippen molar-refractivity contribution < 1.29 is 14.6 Å². The predicted octanol–water partition coefficient (Wildman–Crippen LogP) is 5.94. The first-order valence-electron chi connectivity index (χ1n) is 8.63. The summed E-state index contributed by atoms with van der Waals surface area (Å²) in [6, 6.07) is 18.1. The van der Waals surface area contributed by atoms with Crippen molar-refractivity contribution in [1.29, 1.82) is 0 Å². The zero-order valence-electron chi connectivity index (χ0n) is 15.1. The highest BCUT2D eigenvalue weighted by atomic mass is 35.5. The maximum absolute atomic E-state index is 12.7. The van der Waals surface area contributed by atoms with Crippen molar-refractivity contribution in [3.63, 3.8) is 0 Å². The van der Waals surface area contributed by atoms with Gasteiger partial charge >= 0.3 is 5.97 Å². The quantitative estimate of drug-likeness (QED) is 0.424. The van der Waals surface area contributed by atoms with E-state index in [4.69, 9.17) is 16.3 Å². The number of para-hydroxylation sites is 1. The molecule has 0 bridgehead atoms. The Bertz CT molecular complexity index is 954. The van der Waals surface area contributed by atoms with Crippen LogP contribution >= 0.6 is 11.6 Å². The molecule has 27 heavy (non-hydrogen) atoms.